The van der Waals surface area contributed by atoms with Crippen LogP contribution in [-0.2, 0) is 27.4 Å². The lowest BCUT2D eigenvalue weighted by Crippen LogP contribution is -2.41. The number of carbonyl (C=O) groups excluding carboxylic acids is 3. The van der Waals surface area contributed by atoms with E-state index >= 15 is 0 Å². The molecule has 0 saturated carbocycles. The standard InChI is InChI=1S/C35H38N8O6/c1-5-43-29-25(37-32(44)24-16-18-42(19-17-24)34(46)47-21-22-12-8-6-9-13-22)20-36-26(23-14-10-7-11-15-23)27(29)38-31(43)28-30(41-49-40-28)39-33(45)48-35(2,3)4/h6-15,20,24H,5,16-19,21H2,1-4H3,(H,37,44)(H,39,41,45). The normalized spacial score (nSPS) is 13.7. The van der Waals surface area contributed by atoms with E-state index in [0.717, 1.165) is 11.1 Å². The summed E-state index contributed by atoms with van der Waals surface area (Å²) < 4.78 is 17.8. The highest BCUT2D eigenvalue weighted by molar-refractivity contribution is 6.05. The van der Waals surface area contributed by atoms with Gasteiger partial charge in [0.25, 0.3) is 0 Å². The Bertz CT molecular complexity index is 1940. The number of pyridine rings is 1. The van der Waals surface area contributed by atoms with E-state index in [-0.39, 0.29) is 29.9 Å². The van der Waals surface area contributed by atoms with Crippen LogP contribution < -0.4 is 10.6 Å². The van der Waals surface area contributed by atoms with Gasteiger partial charge >= 0.3 is 12.2 Å². The average Bonchev–Trinajstić information content (AvgIpc) is 3.71. The molecule has 6 rings (SSSR count). The zero-order chi connectivity index (χ0) is 34.5. The molecule has 0 spiro atoms. The van der Waals surface area contributed by atoms with Crippen molar-refractivity contribution >= 4 is 40.6 Å². The van der Waals surface area contributed by atoms with Crippen LogP contribution in [0.4, 0.5) is 21.1 Å². The van der Waals surface area contributed by atoms with E-state index in [2.05, 4.69) is 20.9 Å². The molecule has 14 heteroatoms. The van der Waals surface area contributed by atoms with E-state index in [4.69, 9.17) is 24.1 Å². The molecule has 0 radical (unpaired) electrons. The van der Waals surface area contributed by atoms with Crippen molar-refractivity contribution in [2.24, 2.45) is 5.92 Å². The highest BCUT2D eigenvalue weighted by Crippen LogP contribution is 2.36. The molecule has 14 nitrogen and oxygen atoms in total. The number of ether oxygens (including phenoxy) is 2. The molecule has 0 atom stereocenters. The van der Waals surface area contributed by atoms with E-state index in [1.165, 1.54) is 0 Å². The number of nitrogens with zero attached hydrogens (tertiary/aromatic N) is 6. The summed E-state index contributed by atoms with van der Waals surface area (Å²) in [4.78, 5) is 50.2. The number of amides is 3. The fourth-order valence-electron chi connectivity index (χ4n) is 5.72. The van der Waals surface area contributed by atoms with Crippen LogP contribution in [-0.4, -0.2) is 66.5 Å². The van der Waals surface area contributed by atoms with Crippen LogP contribution >= 0.6 is 0 Å². The number of likely N-dealkylation sites (tertiary alicyclic amines) is 1. The second kappa shape index (κ2) is 14.1. The Hall–Kier alpha value is -5.79. The van der Waals surface area contributed by atoms with Gasteiger partial charge in [-0.05, 0) is 56.4 Å². The lowest BCUT2D eigenvalue weighted by atomic mass is 9.96. The maximum absolute atomic E-state index is 13.7. The van der Waals surface area contributed by atoms with E-state index in [1.807, 2.05) is 72.2 Å². The molecule has 1 aliphatic heterocycles. The zero-order valence-electron chi connectivity index (χ0n) is 27.8. The van der Waals surface area contributed by atoms with Crippen molar-refractivity contribution in [1.29, 1.82) is 0 Å². The molecule has 0 unspecified atom stereocenters. The molecule has 3 amide bonds. The van der Waals surface area contributed by atoms with Crippen molar-refractivity contribution in [2.75, 3.05) is 23.7 Å². The van der Waals surface area contributed by atoms with Gasteiger partial charge in [0, 0.05) is 31.1 Å². The average molecular weight is 667 g/mol. The van der Waals surface area contributed by atoms with Crippen molar-refractivity contribution in [3.05, 3.63) is 72.4 Å². The Morgan fingerprint density at radius 1 is 0.939 bits per heavy atom. The number of fused-ring (bicyclic) bond motifs is 1. The van der Waals surface area contributed by atoms with Crippen molar-refractivity contribution in [1.82, 2.24) is 29.7 Å². The molecular formula is C35H38N8O6. The molecule has 0 aliphatic carbocycles. The molecule has 254 valence electrons. The molecule has 2 aromatic carbocycles. The smallest absolute Gasteiger partial charge is 0.413 e. The molecule has 2 N–H and O–H groups in total. The van der Waals surface area contributed by atoms with Gasteiger partial charge in [-0.25, -0.2) is 19.2 Å². The van der Waals surface area contributed by atoms with Gasteiger partial charge < -0.3 is 24.3 Å². The van der Waals surface area contributed by atoms with Crippen molar-refractivity contribution in [2.45, 2.75) is 59.3 Å². The van der Waals surface area contributed by atoms with Crippen LogP contribution in [0.3, 0.4) is 0 Å². The number of aryl methyl sites for hydroxylation is 1. The first-order chi connectivity index (χ1) is 23.6. The molecule has 5 aromatic rings. The number of hydrogen-bond donors (Lipinski definition) is 2. The molecule has 1 fully saturated rings. The highest BCUT2D eigenvalue weighted by Gasteiger charge is 2.30. The number of imidazole rings is 1. The maximum atomic E-state index is 13.7. The van der Waals surface area contributed by atoms with E-state index in [1.54, 1.807) is 31.9 Å². The topological polar surface area (TPSA) is 167 Å². The van der Waals surface area contributed by atoms with Crippen LogP contribution in [0.5, 0.6) is 0 Å². The quantitative estimate of drug-likeness (QED) is 0.187. The van der Waals surface area contributed by atoms with Crippen LogP contribution in [0.1, 0.15) is 46.1 Å². The van der Waals surface area contributed by atoms with E-state index in [0.29, 0.717) is 60.7 Å². The molecular weight excluding hydrogens is 628 g/mol. The summed E-state index contributed by atoms with van der Waals surface area (Å²) >= 11 is 0. The van der Waals surface area contributed by atoms with Gasteiger partial charge in [0.1, 0.15) is 17.7 Å². The number of rotatable bonds is 8. The molecule has 1 saturated heterocycles. The summed E-state index contributed by atoms with van der Waals surface area (Å²) in [6, 6.07) is 19.1. The number of nitrogens with one attached hydrogen (secondary N) is 2. The molecule has 3 aromatic heterocycles. The van der Waals surface area contributed by atoms with Crippen molar-refractivity contribution in [3.8, 4) is 22.8 Å². The van der Waals surface area contributed by atoms with Crippen LogP contribution in [0.15, 0.2) is 71.5 Å². The summed E-state index contributed by atoms with van der Waals surface area (Å²) in [6.45, 7) is 8.61. The van der Waals surface area contributed by atoms with Gasteiger partial charge in [0.2, 0.25) is 11.7 Å². The first-order valence-corrected chi connectivity index (χ1v) is 16.2. The van der Waals surface area contributed by atoms with Gasteiger partial charge in [-0.15, -0.1) is 0 Å². The maximum Gasteiger partial charge on any atom is 0.413 e. The van der Waals surface area contributed by atoms with Gasteiger partial charge in [-0.2, -0.15) is 0 Å². The van der Waals surface area contributed by atoms with Gasteiger partial charge in [-0.3, -0.25) is 15.1 Å². The third kappa shape index (κ3) is 7.53. The third-order valence-corrected chi connectivity index (χ3v) is 8.04. The molecule has 1 aliphatic rings. The summed E-state index contributed by atoms with van der Waals surface area (Å²) in [5, 5.41) is 13.6. The predicted octanol–water partition coefficient (Wildman–Crippen LogP) is 6.50. The number of aromatic nitrogens is 5. The van der Waals surface area contributed by atoms with Crippen molar-refractivity contribution in [3.63, 3.8) is 0 Å². The minimum atomic E-state index is -0.733. The van der Waals surface area contributed by atoms with Gasteiger partial charge in [-0.1, -0.05) is 60.7 Å². The molecule has 49 heavy (non-hydrogen) atoms. The van der Waals surface area contributed by atoms with Gasteiger partial charge in [0.05, 0.1) is 23.1 Å². The Balaban J connectivity index is 1.25. The fraction of sp³-hybridized carbons (Fsp3) is 0.343. The number of benzene rings is 2. The number of hydrogen-bond acceptors (Lipinski definition) is 10. The summed E-state index contributed by atoms with van der Waals surface area (Å²) in [5.41, 5.74) is 3.39. The second-order valence-corrected chi connectivity index (χ2v) is 12.6. The Kier molecular flexibility index (Phi) is 9.56. The Morgan fingerprint density at radius 2 is 1.63 bits per heavy atom. The minimum Gasteiger partial charge on any atom is -0.445 e. The highest BCUT2D eigenvalue weighted by atomic mass is 16.6. The summed E-state index contributed by atoms with van der Waals surface area (Å²) in [6.07, 6.45) is 1.46. The number of anilines is 2. The summed E-state index contributed by atoms with van der Waals surface area (Å²) in [7, 11) is 0. The molecule has 0 bridgehead atoms. The number of carbonyl (C=O) groups is 3. The van der Waals surface area contributed by atoms with Crippen LogP contribution in [0.25, 0.3) is 33.8 Å². The fourth-order valence-corrected chi connectivity index (χ4v) is 5.72. The second-order valence-electron chi connectivity index (χ2n) is 12.6. The Labute approximate surface area is 282 Å². The first kappa shape index (κ1) is 33.1. The number of piperidine rings is 1. The SMILES string of the molecule is CCn1c(-c2nonc2NC(=O)OC(C)(C)C)nc2c(-c3ccccc3)ncc(NC(=O)C3CCN(C(=O)OCc4ccccc4)CC3)c21. The van der Waals surface area contributed by atoms with Gasteiger partial charge in [0.15, 0.2) is 11.5 Å². The zero-order valence-corrected chi connectivity index (χ0v) is 27.8. The van der Waals surface area contributed by atoms with Crippen LogP contribution in [0, 0.1) is 5.92 Å². The lowest BCUT2D eigenvalue weighted by molar-refractivity contribution is -0.121. The Morgan fingerprint density at radius 3 is 2.31 bits per heavy atom. The van der Waals surface area contributed by atoms with Crippen LogP contribution in [0.2, 0.25) is 0 Å². The largest absolute Gasteiger partial charge is 0.445 e. The van der Waals surface area contributed by atoms with E-state index in [9.17, 15) is 14.4 Å². The summed E-state index contributed by atoms with van der Waals surface area (Å²) in [5.74, 6) is -0.126. The monoisotopic (exact) mass is 666 g/mol. The van der Waals surface area contributed by atoms with E-state index < -0.39 is 17.8 Å². The van der Waals surface area contributed by atoms with Crippen molar-refractivity contribution < 1.29 is 28.5 Å². The first-order valence-electron chi connectivity index (χ1n) is 16.2. The lowest BCUT2D eigenvalue weighted by Gasteiger charge is -2.30. The molecule has 4 heterocycles. The predicted molar refractivity (Wildman–Crippen MR) is 181 cm³/mol. The minimum absolute atomic E-state index is 0.0353. The third-order valence-electron chi connectivity index (χ3n) is 8.04.